The maximum Gasteiger partial charge on any atom is 0.408 e. The fraction of sp³-hybridized carbons (Fsp3) is 0.579. The molecule has 0 atom stereocenters. The number of nitrogens with zero attached hydrogens (tertiary/aromatic N) is 1. The average Bonchev–Trinajstić information content (AvgIpc) is 2.51. The second-order valence-electron chi connectivity index (χ2n) is 7.67. The van der Waals surface area contributed by atoms with E-state index >= 15 is 0 Å². The van der Waals surface area contributed by atoms with E-state index in [0.717, 1.165) is 0 Å². The molecule has 1 aromatic carbocycles. The molecule has 0 spiro atoms. The number of carbonyl (C=O) groups is 1. The lowest BCUT2D eigenvalue weighted by molar-refractivity contribution is 0.0474. The molecular formula is C19H31FN4O3. The van der Waals surface area contributed by atoms with Crippen LogP contribution in [-0.4, -0.2) is 49.9 Å². The fourth-order valence-electron chi connectivity index (χ4n) is 2.04. The molecule has 152 valence electrons. The maximum absolute atomic E-state index is 13.1. The van der Waals surface area contributed by atoms with Crippen LogP contribution < -0.4 is 20.7 Å². The third-order valence-corrected chi connectivity index (χ3v) is 3.22. The molecule has 0 unspecified atom stereocenters. The zero-order valence-electron chi connectivity index (χ0n) is 17.0. The van der Waals surface area contributed by atoms with E-state index in [9.17, 15) is 9.18 Å². The molecule has 0 fully saturated rings. The van der Waals surface area contributed by atoms with Crippen molar-refractivity contribution in [3.63, 3.8) is 0 Å². The van der Waals surface area contributed by atoms with Gasteiger partial charge in [0.2, 0.25) is 0 Å². The molecule has 0 heterocycles. The van der Waals surface area contributed by atoms with E-state index in [1.165, 1.54) is 12.1 Å². The predicted octanol–water partition coefficient (Wildman–Crippen LogP) is 2.67. The number of ether oxygens (including phenoxy) is 2. The molecule has 0 aliphatic carbocycles. The maximum atomic E-state index is 13.1. The Labute approximate surface area is 160 Å². The number of guanidine groups is 1. The summed E-state index contributed by atoms with van der Waals surface area (Å²) in [6, 6.07) is 5.99. The van der Waals surface area contributed by atoms with Gasteiger partial charge in [-0.1, -0.05) is 6.07 Å². The highest BCUT2D eigenvalue weighted by Gasteiger charge is 2.24. The Bertz CT molecular complexity index is 642. The van der Waals surface area contributed by atoms with E-state index in [-0.39, 0.29) is 5.82 Å². The molecule has 27 heavy (non-hydrogen) atoms. The smallest absolute Gasteiger partial charge is 0.408 e. The molecule has 7 nitrogen and oxygen atoms in total. The van der Waals surface area contributed by atoms with Gasteiger partial charge in [-0.15, -0.1) is 0 Å². The minimum absolute atomic E-state index is 0.336. The number of benzene rings is 1. The minimum atomic E-state index is -0.549. The highest BCUT2D eigenvalue weighted by atomic mass is 19.1. The van der Waals surface area contributed by atoms with Crippen LogP contribution in [0.4, 0.5) is 9.18 Å². The van der Waals surface area contributed by atoms with Crippen molar-refractivity contribution in [3.8, 4) is 5.75 Å². The van der Waals surface area contributed by atoms with Gasteiger partial charge >= 0.3 is 6.09 Å². The van der Waals surface area contributed by atoms with Crippen LogP contribution in [-0.2, 0) is 4.74 Å². The molecule has 0 bridgehead atoms. The summed E-state index contributed by atoms with van der Waals surface area (Å²) in [7, 11) is 1.65. The number of carbonyl (C=O) groups excluding carboxylic acids is 1. The second-order valence-corrected chi connectivity index (χ2v) is 7.67. The second kappa shape index (κ2) is 9.99. The van der Waals surface area contributed by atoms with Crippen LogP contribution in [0.2, 0.25) is 0 Å². The lowest BCUT2D eigenvalue weighted by atomic mass is 10.1. The largest absolute Gasteiger partial charge is 0.492 e. The van der Waals surface area contributed by atoms with Crippen molar-refractivity contribution in [1.29, 1.82) is 0 Å². The monoisotopic (exact) mass is 382 g/mol. The molecule has 1 aromatic rings. The Morgan fingerprint density at radius 3 is 2.48 bits per heavy atom. The lowest BCUT2D eigenvalue weighted by Gasteiger charge is -2.29. The summed E-state index contributed by atoms with van der Waals surface area (Å²) in [6.45, 7) is 10.5. The number of halogens is 1. The van der Waals surface area contributed by atoms with Crippen LogP contribution >= 0.6 is 0 Å². The van der Waals surface area contributed by atoms with Gasteiger partial charge in [-0.2, -0.15) is 0 Å². The van der Waals surface area contributed by atoms with Gasteiger partial charge in [0, 0.05) is 19.7 Å². The molecule has 0 saturated heterocycles. The summed E-state index contributed by atoms with van der Waals surface area (Å²) >= 11 is 0. The van der Waals surface area contributed by atoms with E-state index in [1.54, 1.807) is 19.2 Å². The number of nitrogens with one attached hydrogen (secondary N) is 3. The molecule has 0 radical (unpaired) electrons. The molecule has 8 heteroatoms. The van der Waals surface area contributed by atoms with Crippen LogP contribution in [0.3, 0.4) is 0 Å². The number of hydrogen-bond donors (Lipinski definition) is 3. The predicted molar refractivity (Wildman–Crippen MR) is 105 cm³/mol. The Hall–Kier alpha value is -2.51. The first-order valence-corrected chi connectivity index (χ1v) is 8.85. The molecule has 1 amide bonds. The van der Waals surface area contributed by atoms with Crippen molar-refractivity contribution >= 4 is 12.1 Å². The van der Waals surface area contributed by atoms with Crippen molar-refractivity contribution in [2.75, 3.05) is 26.7 Å². The minimum Gasteiger partial charge on any atom is -0.492 e. The molecular weight excluding hydrogens is 351 g/mol. The van der Waals surface area contributed by atoms with Gasteiger partial charge < -0.3 is 25.4 Å². The number of hydrogen-bond acceptors (Lipinski definition) is 4. The third kappa shape index (κ3) is 10.3. The standard InChI is InChI=1S/C19H31FN4O3/c1-18(2,3)27-17(25)24-19(4,5)13-23-16(21-6)22-10-11-26-15-9-7-8-14(20)12-15/h7-9,12H,10-11,13H2,1-6H3,(H,24,25)(H2,21,22,23). The number of rotatable bonds is 7. The molecule has 0 saturated carbocycles. The van der Waals surface area contributed by atoms with Crippen LogP contribution in [0.25, 0.3) is 0 Å². The van der Waals surface area contributed by atoms with E-state index in [2.05, 4.69) is 20.9 Å². The Balaban J connectivity index is 2.35. The van der Waals surface area contributed by atoms with Gasteiger partial charge in [-0.25, -0.2) is 9.18 Å². The summed E-state index contributed by atoms with van der Waals surface area (Å²) in [6.07, 6.45) is -0.472. The van der Waals surface area contributed by atoms with Crippen molar-refractivity contribution < 1.29 is 18.7 Å². The van der Waals surface area contributed by atoms with Gasteiger partial charge in [0.25, 0.3) is 0 Å². The van der Waals surface area contributed by atoms with E-state index in [1.807, 2.05) is 34.6 Å². The first kappa shape index (κ1) is 22.5. The highest BCUT2D eigenvalue weighted by molar-refractivity contribution is 5.79. The summed E-state index contributed by atoms with van der Waals surface area (Å²) in [5, 5.41) is 9.05. The SMILES string of the molecule is CN=C(NCCOc1cccc(F)c1)NCC(C)(C)NC(=O)OC(C)(C)C. The van der Waals surface area contributed by atoms with Crippen molar-refractivity contribution in [1.82, 2.24) is 16.0 Å². The first-order valence-electron chi connectivity index (χ1n) is 8.85. The fourth-order valence-corrected chi connectivity index (χ4v) is 2.04. The third-order valence-electron chi connectivity index (χ3n) is 3.22. The van der Waals surface area contributed by atoms with Gasteiger partial charge in [-0.3, -0.25) is 4.99 Å². The Kier molecular flexibility index (Phi) is 8.33. The van der Waals surface area contributed by atoms with Crippen LogP contribution in [0.5, 0.6) is 5.75 Å². The van der Waals surface area contributed by atoms with Crippen molar-refractivity contribution in [3.05, 3.63) is 30.1 Å². The number of aliphatic imine (C=N–C) groups is 1. The van der Waals surface area contributed by atoms with Gasteiger partial charge in [-0.05, 0) is 46.8 Å². The Morgan fingerprint density at radius 1 is 1.19 bits per heavy atom. The van der Waals surface area contributed by atoms with Crippen molar-refractivity contribution in [2.24, 2.45) is 4.99 Å². The zero-order chi connectivity index (χ0) is 20.5. The summed E-state index contributed by atoms with van der Waals surface area (Å²) in [5.41, 5.74) is -1.09. The average molecular weight is 382 g/mol. The van der Waals surface area contributed by atoms with Gasteiger partial charge in [0.1, 0.15) is 23.8 Å². The quantitative estimate of drug-likeness (QED) is 0.384. The number of amides is 1. The molecule has 0 aliphatic rings. The molecule has 3 N–H and O–H groups in total. The van der Waals surface area contributed by atoms with E-state index in [0.29, 0.717) is 31.4 Å². The van der Waals surface area contributed by atoms with Crippen LogP contribution in [0.1, 0.15) is 34.6 Å². The highest BCUT2D eigenvalue weighted by Crippen LogP contribution is 2.11. The van der Waals surface area contributed by atoms with Gasteiger partial charge in [0.05, 0.1) is 12.1 Å². The van der Waals surface area contributed by atoms with E-state index in [4.69, 9.17) is 9.47 Å². The Morgan fingerprint density at radius 2 is 1.89 bits per heavy atom. The van der Waals surface area contributed by atoms with Gasteiger partial charge in [0.15, 0.2) is 5.96 Å². The van der Waals surface area contributed by atoms with Crippen LogP contribution in [0, 0.1) is 5.82 Å². The summed E-state index contributed by atoms with van der Waals surface area (Å²) in [4.78, 5) is 16.0. The zero-order valence-corrected chi connectivity index (χ0v) is 17.0. The topological polar surface area (TPSA) is 84.0 Å². The lowest BCUT2D eigenvalue weighted by Crippen LogP contribution is -2.54. The molecule has 0 aromatic heterocycles. The van der Waals surface area contributed by atoms with Crippen molar-refractivity contribution in [2.45, 2.75) is 45.8 Å². The van der Waals surface area contributed by atoms with Crippen LogP contribution in [0.15, 0.2) is 29.3 Å². The first-order chi connectivity index (χ1) is 12.5. The summed E-state index contributed by atoms with van der Waals surface area (Å²) in [5.74, 6) is 0.706. The summed E-state index contributed by atoms with van der Waals surface area (Å²) < 4.78 is 23.8. The molecule has 1 rings (SSSR count). The normalized spacial score (nSPS) is 12.3. The molecule has 0 aliphatic heterocycles. The van der Waals surface area contributed by atoms with E-state index < -0.39 is 17.2 Å². The number of alkyl carbamates (subject to hydrolysis) is 1.